The normalized spacial score (nSPS) is 50.4. The van der Waals surface area contributed by atoms with Crippen LogP contribution in [-0.2, 0) is 38.0 Å². The minimum atomic E-state index is -2.01. The van der Waals surface area contributed by atoms with Crippen LogP contribution < -0.4 is 5.32 Å². The Morgan fingerprint density at radius 2 is 1.52 bits per heavy atom. The van der Waals surface area contributed by atoms with E-state index in [-0.39, 0.29) is 31.4 Å². The topological polar surface area (TPSA) is 203 Å². The number of rotatable bonds is 6. The van der Waals surface area contributed by atoms with Gasteiger partial charge in [-0.25, -0.2) is 0 Å². The van der Waals surface area contributed by atoms with Crippen molar-refractivity contribution in [2.24, 2.45) is 17.8 Å². The second-order valence-electron chi connectivity index (χ2n) is 14.8. The maximum Gasteiger partial charge on any atom is 0.312 e. The summed E-state index contributed by atoms with van der Waals surface area (Å²) < 4.78 is 34.9. The zero-order valence-electron chi connectivity index (χ0n) is 29.8. The number of aliphatic hydroxyl groups excluding tert-OH is 3. The van der Waals surface area contributed by atoms with Gasteiger partial charge < -0.3 is 59.3 Å². The van der Waals surface area contributed by atoms with E-state index < -0.39 is 99.6 Å². The lowest BCUT2D eigenvalue weighted by molar-refractivity contribution is -0.305. The molecule has 0 spiro atoms. The molecule has 0 saturated carbocycles. The summed E-state index contributed by atoms with van der Waals surface area (Å²) in [6.07, 6.45) is -8.72. The zero-order valence-corrected chi connectivity index (χ0v) is 31.9. The average molecular weight is 804 g/mol. The lowest BCUT2D eigenvalue weighted by Crippen LogP contribution is -2.59. The maximum absolute atomic E-state index is 13.7. The van der Waals surface area contributed by atoms with Crippen LogP contribution in [0.1, 0.15) is 81.1 Å². The number of esters is 1. The van der Waals surface area contributed by atoms with Crippen LogP contribution in [0.2, 0.25) is 0 Å². The van der Waals surface area contributed by atoms with Gasteiger partial charge in [0, 0.05) is 37.8 Å². The summed E-state index contributed by atoms with van der Waals surface area (Å²) in [5, 5.41) is 59.5. The third-order valence-electron chi connectivity index (χ3n) is 10.6. The summed E-state index contributed by atoms with van der Waals surface area (Å²) in [5.41, 5.74) is -4.81. The van der Waals surface area contributed by atoms with E-state index in [2.05, 4.69) is 5.32 Å². The first-order valence-corrected chi connectivity index (χ1v) is 18.1. The molecule has 0 radical (unpaired) electrons. The van der Waals surface area contributed by atoms with Crippen molar-refractivity contribution in [3.05, 3.63) is 0 Å². The van der Waals surface area contributed by atoms with E-state index in [1.54, 1.807) is 57.3 Å². The van der Waals surface area contributed by atoms with Crippen molar-refractivity contribution < 1.29 is 63.5 Å². The van der Waals surface area contributed by atoms with Crippen LogP contribution in [0.5, 0.6) is 0 Å². The first-order valence-electron chi connectivity index (χ1n) is 16.8. The Kier molecular flexibility index (Phi) is 14.3. The lowest BCUT2D eigenvalue weighted by atomic mass is 9.77. The molecule has 280 valence electrons. The second kappa shape index (κ2) is 16.4. The van der Waals surface area contributed by atoms with Gasteiger partial charge in [0.05, 0.1) is 47.6 Å². The number of aliphatic hydroxyl groups is 5. The molecule has 3 heterocycles. The summed E-state index contributed by atoms with van der Waals surface area (Å²) in [7, 11) is 3.19. The number of halogens is 1. The molecule has 0 bridgehead atoms. The van der Waals surface area contributed by atoms with E-state index in [4.69, 9.17) is 28.4 Å². The van der Waals surface area contributed by atoms with Gasteiger partial charge in [0.15, 0.2) is 16.7 Å². The molecule has 6 N–H and O–H groups in total. The van der Waals surface area contributed by atoms with E-state index in [0.29, 0.717) is 6.42 Å². The van der Waals surface area contributed by atoms with Crippen molar-refractivity contribution in [3.8, 4) is 0 Å². The number of ether oxygens (including phenoxy) is 6. The summed E-state index contributed by atoms with van der Waals surface area (Å²) in [6, 6.07) is -0.366. The second-order valence-corrected chi connectivity index (χ2v) is 15.9. The monoisotopic (exact) mass is 803 g/mol. The molecule has 0 aromatic carbocycles. The smallest absolute Gasteiger partial charge is 0.312 e. The van der Waals surface area contributed by atoms with Gasteiger partial charge in [-0.05, 0) is 84.0 Å². The first-order chi connectivity index (χ1) is 22.1. The molecule has 0 aromatic heterocycles. The van der Waals surface area contributed by atoms with Crippen LogP contribution in [0.3, 0.4) is 0 Å². The summed E-state index contributed by atoms with van der Waals surface area (Å²) in [5.74, 6) is -4.14. The number of nitrogens with one attached hydrogen (secondary N) is 1. The van der Waals surface area contributed by atoms with E-state index in [0.717, 1.165) is 0 Å². The van der Waals surface area contributed by atoms with Crippen LogP contribution in [0.25, 0.3) is 0 Å². The molecule has 3 rings (SSSR count). The van der Waals surface area contributed by atoms with Gasteiger partial charge in [0.1, 0.15) is 23.6 Å². The fraction of sp³-hybridized carbons (Fsp3) is 0.939. The van der Waals surface area contributed by atoms with Crippen molar-refractivity contribution >= 4 is 34.3 Å². The number of hydrogen-bond donors (Lipinski definition) is 6. The highest BCUT2D eigenvalue weighted by Gasteiger charge is 2.51. The number of alkyl halides is 1. The van der Waals surface area contributed by atoms with Crippen LogP contribution in [-0.4, -0.2) is 134 Å². The molecule has 0 aliphatic carbocycles. The summed E-state index contributed by atoms with van der Waals surface area (Å²) in [6.45, 7) is 12.7. The molecule has 3 saturated heterocycles. The standard InChI is InChI=1S/C33H58INO13/c1-15-13-31(6,41)22(47-29-25(37)20(35-9)11-16(2)44-29)12-21(46-23-14-32(7,43-10)27(39)19(5)45-23)17(3)28(40)48-30(34)33(8,42)26(38)18(4)24(15)36/h15-23,25-27,29-30,35,37-39,41-42H,11-14H2,1-10H3/t15-,16-,17-,18+,19+,20+,21+,22-,23+,25-,26-,27+,29+,30+,31-,32-,33+/m1/s1. The third kappa shape index (κ3) is 9.26. The van der Waals surface area contributed by atoms with Crippen LogP contribution in [0.15, 0.2) is 0 Å². The molecular weight excluding hydrogens is 745 g/mol. The number of hydrogen-bond acceptors (Lipinski definition) is 14. The highest BCUT2D eigenvalue weighted by Crippen LogP contribution is 2.38. The number of carbonyl (C=O) groups is 2. The Balaban J connectivity index is 2.09. The molecule has 0 amide bonds. The zero-order chi connectivity index (χ0) is 36.5. The summed E-state index contributed by atoms with van der Waals surface area (Å²) in [4.78, 5) is 27.3. The largest absolute Gasteiger partial charge is 0.448 e. The van der Waals surface area contributed by atoms with E-state index in [9.17, 15) is 35.1 Å². The molecular formula is C33H58INO13. The van der Waals surface area contributed by atoms with E-state index >= 15 is 0 Å². The average Bonchev–Trinajstić information content (AvgIpc) is 3.01. The maximum atomic E-state index is 13.7. The Morgan fingerprint density at radius 3 is 2.10 bits per heavy atom. The van der Waals surface area contributed by atoms with Crippen molar-refractivity contribution in [3.63, 3.8) is 0 Å². The van der Waals surface area contributed by atoms with Gasteiger partial charge in [-0.3, -0.25) is 9.59 Å². The highest BCUT2D eigenvalue weighted by atomic mass is 127. The fourth-order valence-electron chi connectivity index (χ4n) is 7.03. The predicted octanol–water partition coefficient (Wildman–Crippen LogP) is 1.18. The van der Waals surface area contributed by atoms with Gasteiger partial charge in [0.2, 0.25) is 0 Å². The van der Waals surface area contributed by atoms with Gasteiger partial charge in [-0.2, -0.15) is 0 Å². The van der Waals surface area contributed by atoms with Gasteiger partial charge in [-0.1, -0.05) is 13.8 Å². The van der Waals surface area contributed by atoms with Crippen LogP contribution in [0, 0.1) is 17.8 Å². The predicted molar refractivity (Wildman–Crippen MR) is 181 cm³/mol. The van der Waals surface area contributed by atoms with Gasteiger partial charge >= 0.3 is 5.97 Å². The molecule has 15 heteroatoms. The number of likely N-dealkylation sites (N-methyl/N-ethyl adjacent to an activating group) is 1. The number of Topliss-reactive ketones (excluding diaryl/α,β-unsaturated/α-hetero) is 1. The lowest BCUT2D eigenvalue weighted by Gasteiger charge is -2.46. The minimum Gasteiger partial charge on any atom is -0.448 e. The Hall–Kier alpha value is -0.570. The quantitative estimate of drug-likeness (QED) is 0.127. The Labute approximate surface area is 297 Å². The van der Waals surface area contributed by atoms with Crippen molar-refractivity contribution in [2.75, 3.05) is 14.2 Å². The van der Waals surface area contributed by atoms with Crippen molar-refractivity contribution in [2.45, 2.75) is 163 Å². The SMILES string of the molecule is CN[C@H]1C[C@@H](C)O[C@@H](O[C@@H]2C[C@H](O[C@H]3C[C@@](C)(OC)[C@@H](O)[C@H](C)O3)[C@@H](C)C(=O)O[C@H](I)[C@@](C)(O)[C@H](O)[C@@H](C)C(=O)[C@H](C)C[C@@]2(C)O)[C@@H]1O. The minimum absolute atomic E-state index is 0.0975. The molecule has 0 aromatic rings. The van der Waals surface area contributed by atoms with E-state index in [1.165, 1.54) is 27.9 Å². The third-order valence-corrected chi connectivity index (χ3v) is 12.1. The summed E-state index contributed by atoms with van der Waals surface area (Å²) >= 11 is 1.72. The molecule has 48 heavy (non-hydrogen) atoms. The molecule has 14 nitrogen and oxygen atoms in total. The Morgan fingerprint density at radius 1 is 0.896 bits per heavy atom. The van der Waals surface area contributed by atoms with Gasteiger partial charge in [0.25, 0.3) is 0 Å². The number of methoxy groups -OCH3 is 1. The van der Waals surface area contributed by atoms with Crippen molar-refractivity contribution in [1.82, 2.24) is 5.32 Å². The van der Waals surface area contributed by atoms with Crippen LogP contribution in [0.4, 0.5) is 0 Å². The Bertz CT molecular complexity index is 1100. The first kappa shape index (κ1) is 41.8. The highest BCUT2D eigenvalue weighted by molar-refractivity contribution is 14.1. The number of cyclic esters (lactones) is 1. The number of carbonyl (C=O) groups excluding carboxylic acids is 2. The number of ketones is 1. The van der Waals surface area contributed by atoms with Gasteiger partial charge in [-0.15, -0.1) is 0 Å². The molecule has 0 unspecified atom stereocenters. The molecule has 3 aliphatic heterocycles. The van der Waals surface area contributed by atoms with Crippen molar-refractivity contribution in [1.29, 1.82) is 0 Å². The fourth-order valence-corrected chi connectivity index (χ4v) is 7.64. The molecule has 3 fully saturated rings. The molecule has 17 atom stereocenters. The molecule has 3 aliphatic rings. The van der Waals surface area contributed by atoms with Crippen LogP contribution >= 0.6 is 22.6 Å². The van der Waals surface area contributed by atoms with E-state index in [1.807, 2.05) is 6.92 Å².